The Morgan fingerprint density at radius 3 is 2.54 bits per heavy atom. The minimum Gasteiger partial charge on any atom is -0.420 e. The molecule has 1 aliphatic rings. The van der Waals surface area contributed by atoms with Gasteiger partial charge in [-0.2, -0.15) is 14.0 Å². The second-order valence-corrected chi connectivity index (χ2v) is 8.63. The summed E-state index contributed by atoms with van der Waals surface area (Å²) in [5.41, 5.74) is 0.170. The van der Waals surface area contributed by atoms with Gasteiger partial charge in [0.15, 0.2) is 10.8 Å². The van der Waals surface area contributed by atoms with Gasteiger partial charge < -0.3 is 15.0 Å². The lowest BCUT2D eigenvalue weighted by Gasteiger charge is -2.32. The largest absolute Gasteiger partial charge is 0.420 e. The minimum absolute atomic E-state index is 0.170. The summed E-state index contributed by atoms with van der Waals surface area (Å²) < 4.78 is 72.0. The molecule has 1 aromatic carbocycles. The first-order chi connectivity index (χ1) is 16.8. The molecule has 35 heavy (non-hydrogen) atoms. The lowest BCUT2D eigenvalue weighted by atomic mass is 9.95. The van der Waals surface area contributed by atoms with Crippen LogP contribution in [0.2, 0.25) is 0 Å². The van der Waals surface area contributed by atoms with Crippen LogP contribution in [0.4, 0.5) is 37.9 Å². The maximum atomic E-state index is 13.8. The number of ether oxygens (including phenoxy) is 1. The number of esters is 1. The molecule has 2 aromatic heterocycles. The monoisotopic (exact) mass is 509 g/mol. The van der Waals surface area contributed by atoms with Crippen molar-refractivity contribution in [1.29, 1.82) is 5.26 Å². The van der Waals surface area contributed by atoms with Gasteiger partial charge in [0.1, 0.15) is 16.9 Å². The molecule has 3 aromatic rings. The van der Waals surface area contributed by atoms with E-state index in [0.29, 0.717) is 41.9 Å². The molecule has 0 saturated carbocycles. The van der Waals surface area contributed by atoms with Gasteiger partial charge in [-0.15, -0.1) is 0 Å². The molecule has 3 heterocycles. The summed E-state index contributed by atoms with van der Waals surface area (Å²) >= 11 is 1.22. The Morgan fingerprint density at radius 1 is 1.17 bits per heavy atom. The molecule has 0 radical (unpaired) electrons. The second kappa shape index (κ2) is 10.2. The highest BCUT2D eigenvalue weighted by molar-refractivity contribution is 7.19. The van der Waals surface area contributed by atoms with Crippen LogP contribution in [0.3, 0.4) is 0 Å². The SMILES string of the molecule is N#Cc1nc(N2CCC[C@@H](CC(=O)Oc3c(F)c(F)c(F)c(F)c3F)C2)sc1Nc1ccccn1. The van der Waals surface area contributed by atoms with E-state index < -0.39 is 40.8 Å². The number of piperidine rings is 1. The average Bonchev–Trinajstić information content (AvgIpc) is 3.28. The molecule has 0 unspecified atom stereocenters. The molecular formula is C22H16F5N5O2S. The number of carbonyl (C=O) groups is 1. The van der Waals surface area contributed by atoms with Gasteiger partial charge in [-0.3, -0.25) is 4.79 Å². The number of hydrogen-bond acceptors (Lipinski definition) is 8. The van der Waals surface area contributed by atoms with Crippen LogP contribution >= 0.6 is 11.3 Å². The van der Waals surface area contributed by atoms with Gasteiger partial charge >= 0.3 is 5.97 Å². The number of rotatable bonds is 6. The van der Waals surface area contributed by atoms with E-state index in [4.69, 9.17) is 0 Å². The van der Waals surface area contributed by atoms with E-state index in [1.54, 1.807) is 24.4 Å². The maximum Gasteiger partial charge on any atom is 0.311 e. The van der Waals surface area contributed by atoms with Gasteiger partial charge in [0, 0.05) is 19.3 Å². The highest BCUT2D eigenvalue weighted by Gasteiger charge is 2.30. The number of pyridine rings is 1. The third-order valence-electron chi connectivity index (χ3n) is 5.26. The fourth-order valence-electron chi connectivity index (χ4n) is 3.63. The first-order valence-electron chi connectivity index (χ1n) is 10.3. The van der Waals surface area contributed by atoms with Crippen LogP contribution < -0.4 is 15.0 Å². The van der Waals surface area contributed by atoms with Crippen molar-refractivity contribution in [2.24, 2.45) is 5.92 Å². The van der Waals surface area contributed by atoms with Crippen molar-refractivity contribution in [3.05, 3.63) is 59.2 Å². The lowest BCUT2D eigenvalue weighted by Crippen LogP contribution is -2.36. The number of aromatic nitrogens is 2. The summed E-state index contributed by atoms with van der Waals surface area (Å²) in [4.78, 5) is 22.6. The summed E-state index contributed by atoms with van der Waals surface area (Å²) in [6.07, 6.45) is 2.49. The Labute approximate surface area is 199 Å². The second-order valence-electron chi connectivity index (χ2n) is 7.66. The molecule has 7 nitrogen and oxygen atoms in total. The predicted octanol–water partition coefficient (Wildman–Crippen LogP) is 5.06. The number of benzene rings is 1. The van der Waals surface area contributed by atoms with Crippen molar-refractivity contribution in [2.45, 2.75) is 19.3 Å². The summed E-state index contributed by atoms with van der Waals surface area (Å²) in [7, 11) is 0. The van der Waals surface area contributed by atoms with E-state index in [0.717, 1.165) is 0 Å². The molecule has 1 fully saturated rings. The lowest BCUT2D eigenvalue weighted by molar-refractivity contribution is -0.136. The topological polar surface area (TPSA) is 91.1 Å². The van der Waals surface area contributed by atoms with Crippen LogP contribution in [-0.4, -0.2) is 29.0 Å². The molecule has 1 saturated heterocycles. The number of nitrogens with one attached hydrogen (secondary N) is 1. The van der Waals surface area contributed by atoms with E-state index in [9.17, 15) is 32.0 Å². The first-order valence-corrected chi connectivity index (χ1v) is 11.2. The molecular weight excluding hydrogens is 493 g/mol. The number of carbonyl (C=O) groups excluding carboxylic acids is 1. The van der Waals surface area contributed by atoms with Gasteiger partial charge in [0.05, 0.1) is 6.42 Å². The average molecular weight is 509 g/mol. The zero-order chi connectivity index (χ0) is 25.1. The standard InChI is InChI=1S/C22H16F5N5O2S/c23-15-16(24)18(26)20(19(27)17(15)25)34-14(33)8-11-4-3-7-32(10-11)22-30-12(9-28)21(35-22)31-13-5-1-2-6-29-13/h1-2,5-6,11H,3-4,7-8,10H2,(H,29,31)/t11-/m0/s1. The highest BCUT2D eigenvalue weighted by Crippen LogP contribution is 2.35. The van der Waals surface area contributed by atoms with Crippen LogP contribution in [0.25, 0.3) is 0 Å². The summed E-state index contributed by atoms with van der Waals surface area (Å²) in [6.45, 7) is 0.901. The summed E-state index contributed by atoms with van der Waals surface area (Å²) in [6, 6.07) is 7.28. The van der Waals surface area contributed by atoms with Crippen LogP contribution in [-0.2, 0) is 4.79 Å². The van der Waals surface area contributed by atoms with Crippen molar-refractivity contribution >= 4 is 33.3 Å². The quantitative estimate of drug-likeness (QED) is 0.163. The van der Waals surface area contributed by atoms with E-state index in [-0.39, 0.29) is 18.0 Å². The zero-order valence-electron chi connectivity index (χ0n) is 17.8. The van der Waals surface area contributed by atoms with E-state index in [2.05, 4.69) is 20.0 Å². The minimum atomic E-state index is -2.33. The van der Waals surface area contributed by atoms with Crippen molar-refractivity contribution < 1.29 is 31.5 Å². The summed E-state index contributed by atoms with van der Waals surface area (Å²) in [5, 5.41) is 13.5. The van der Waals surface area contributed by atoms with Gasteiger partial charge in [0.25, 0.3) is 0 Å². The molecule has 0 spiro atoms. The van der Waals surface area contributed by atoms with Gasteiger partial charge in [-0.1, -0.05) is 17.4 Å². The number of nitriles is 1. The first kappa shape index (κ1) is 24.3. The Hall–Kier alpha value is -3.79. The Kier molecular flexibility index (Phi) is 7.11. The van der Waals surface area contributed by atoms with E-state index in [1.165, 1.54) is 11.3 Å². The van der Waals surface area contributed by atoms with Crippen LogP contribution in [0.15, 0.2) is 24.4 Å². The number of nitrogens with zero attached hydrogens (tertiary/aromatic N) is 4. The molecule has 182 valence electrons. The van der Waals surface area contributed by atoms with E-state index in [1.807, 2.05) is 11.0 Å². The molecule has 1 N–H and O–H groups in total. The van der Waals surface area contributed by atoms with Gasteiger partial charge in [0.2, 0.25) is 34.8 Å². The molecule has 1 atom stereocenters. The maximum absolute atomic E-state index is 13.8. The number of hydrogen-bond donors (Lipinski definition) is 1. The molecule has 4 rings (SSSR count). The van der Waals surface area contributed by atoms with Crippen molar-refractivity contribution in [2.75, 3.05) is 23.3 Å². The number of anilines is 3. The van der Waals surface area contributed by atoms with Gasteiger partial charge in [-0.05, 0) is 30.9 Å². The Balaban J connectivity index is 1.44. The Bertz CT molecular complexity index is 1270. The molecule has 1 aliphatic heterocycles. The van der Waals surface area contributed by atoms with Crippen LogP contribution in [0.5, 0.6) is 5.75 Å². The molecule has 0 amide bonds. The highest BCUT2D eigenvalue weighted by atomic mass is 32.1. The smallest absolute Gasteiger partial charge is 0.311 e. The zero-order valence-corrected chi connectivity index (χ0v) is 18.6. The van der Waals surface area contributed by atoms with Crippen molar-refractivity contribution in [1.82, 2.24) is 9.97 Å². The van der Waals surface area contributed by atoms with Crippen LogP contribution in [0.1, 0.15) is 25.0 Å². The fraction of sp³-hybridized carbons (Fsp3) is 0.273. The summed E-state index contributed by atoms with van der Waals surface area (Å²) in [5.74, 6) is -13.7. The normalized spacial score (nSPS) is 15.5. The number of halogens is 5. The van der Waals surface area contributed by atoms with Crippen LogP contribution in [0, 0.1) is 46.3 Å². The van der Waals surface area contributed by atoms with Crippen molar-refractivity contribution in [3.8, 4) is 11.8 Å². The molecule has 0 bridgehead atoms. The fourth-order valence-corrected chi connectivity index (χ4v) is 4.59. The Morgan fingerprint density at radius 2 is 1.89 bits per heavy atom. The third kappa shape index (κ3) is 5.17. The molecule has 13 heteroatoms. The number of thiazole rings is 1. The van der Waals surface area contributed by atoms with Crippen molar-refractivity contribution in [3.63, 3.8) is 0 Å². The third-order valence-corrected chi connectivity index (χ3v) is 6.29. The molecule has 0 aliphatic carbocycles. The van der Waals surface area contributed by atoms with E-state index >= 15 is 0 Å². The predicted molar refractivity (Wildman–Crippen MR) is 116 cm³/mol. The van der Waals surface area contributed by atoms with Gasteiger partial charge in [-0.25, -0.2) is 23.1 Å².